The predicted octanol–water partition coefficient (Wildman–Crippen LogP) is 1.82. The third-order valence-corrected chi connectivity index (χ3v) is 3.49. The van der Waals surface area contributed by atoms with Gasteiger partial charge in [0.15, 0.2) is 0 Å². The van der Waals surface area contributed by atoms with E-state index in [2.05, 4.69) is 31.3 Å². The summed E-state index contributed by atoms with van der Waals surface area (Å²) in [5.74, 6) is 0. The van der Waals surface area contributed by atoms with Gasteiger partial charge in [0.1, 0.15) is 5.60 Å². The number of rotatable bonds is 3. The van der Waals surface area contributed by atoms with E-state index in [-0.39, 0.29) is 6.04 Å². The van der Waals surface area contributed by atoms with Crippen LogP contribution in [-0.2, 0) is 12.0 Å². The Balaban J connectivity index is 2.32. The van der Waals surface area contributed by atoms with E-state index in [0.717, 1.165) is 24.9 Å². The Morgan fingerprint density at radius 3 is 2.93 bits per heavy atom. The maximum absolute atomic E-state index is 10.7. The second-order valence-electron chi connectivity index (χ2n) is 4.36. The van der Waals surface area contributed by atoms with Gasteiger partial charge in [0.25, 0.3) is 0 Å². The van der Waals surface area contributed by atoms with Gasteiger partial charge in [0, 0.05) is 6.04 Å². The molecule has 0 fully saturated rings. The summed E-state index contributed by atoms with van der Waals surface area (Å²) in [5, 5.41) is 14.0. The van der Waals surface area contributed by atoms with E-state index in [4.69, 9.17) is 0 Å². The number of benzene rings is 1. The van der Waals surface area contributed by atoms with Crippen LogP contribution in [0.15, 0.2) is 24.3 Å². The Morgan fingerprint density at radius 1 is 1.47 bits per heavy atom. The lowest BCUT2D eigenvalue weighted by Gasteiger charge is -2.31. The van der Waals surface area contributed by atoms with E-state index in [1.54, 1.807) is 0 Å². The molecule has 2 heteroatoms. The lowest BCUT2D eigenvalue weighted by molar-refractivity contribution is 0.00497. The molecule has 0 bridgehead atoms. The summed E-state index contributed by atoms with van der Waals surface area (Å²) in [4.78, 5) is 0. The van der Waals surface area contributed by atoms with Crippen LogP contribution in [0.25, 0.3) is 0 Å². The van der Waals surface area contributed by atoms with Gasteiger partial charge in [0.2, 0.25) is 0 Å². The van der Waals surface area contributed by atoms with Gasteiger partial charge in [-0.3, -0.25) is 0 Å². The topological polar surface area (TPSA) is 32.3 Å². The first-order valence-corrected chi connectivity index (χ1v) is 5.72. The van der Waals surface area contributed by atoms with Gasteiger partial charge in [-0.05, 0) is 37.4 Å². The normalized spacial score (nSPS) is 26.3. The summed E-state index contributed by atoms with van der Waals surface area (Å²) in [6.45, 7) is 5.03. The average molecular weight is 205 g/mol. The van der Waals surface area contributed by atoms with E-state index < -0.39 is 5.60 Å². The maximum atomic E-state index is 10.7. The molecule has 2 unspecified atom stereocenters. The van der Waals surface area contributed by atoms with Crippen molar-refractivity contribution in [3.8, 4) is 0 Å². The molecule has 1 aromatic rings. The molecule has 2 rings (SSSR count). The number of fused-ring (bicyclic) bond motifs is 1. The Labute approximate surface area is 91.3 Å². The Kier molecular flexibility index (Phi) is 2.81. The molecular weight excluding hydrogens is 186 g/mol. The lowest BCUT2D eigenvalue weighted by atomic mass is 9.89. The molecule has 82 valence electrons. The van der Waals surface area contributed by atoms with Crippen LogP contribution in [0.3, 0.4) is 0 Å². The molecule has 0 spiro atoms. The zero-order chi connectivity index (χ0) is 10.9. The quantitative estimate of drug-likeness (QED) is 0.789. The number of hydrogen-bond acceptors (Lipinski definition) is 2. The van der Waals surface area contributed by atoms with Crippen LogP contribution in [0.1, 0.15) is 31.4 Å². The Morgan fingerprint density at radius 2 is 2.20 bits per heavy atom. The largest absolute Gasteiger partial charge is 0.384 e. The van der Waals surface area contributed by atoms with E-state index in [9.17, 15) is 5.11 Å². The molecule has 0 heterocycles. The maximum Gasteiger partial charge on any atom is 0.105 e. The molecule has 2 atom stereocenters. The molecule has 0 saturated carbocycles. The van der Waals surface area contributed by atoms with Gasteiger partial charge in [0.05, 0.1) is 0 Å². The highest BCUT2D eigenvalue weighted by Gasteiger charge is 2.40. The molecule has 2 nitrogen and oxygen atoms in total. The van der Waals surface area contributed by atoms with Crippen LogP contribution in [0.4, 0.5) is 0 Å². The van der Waals surface area contributed by atoms with Crippen LogP contribution >= 0.6 is 0 Å². The van der Waals surface area contributed by atoms with Crippen LogP contribution in [0.5, 0.6) is 0 Å². The summed E-state index contributed by atoms with van der Waals surface area (Å²) in [5.41, 5.74) is 1.73. The number of hydrogen-bond donors (Lipinski definition) is 2. The fourth-order valence-corrected chi connectivity index (χ4v) is 2.55. The van der Waals surface area contributed by atoms with Crippen molar-refractivity contribution in [2.24, 2.45) is 0 Å². The summed E-state index contributed by atoms with van der Waals surface area (Å²) in [7, 11) is 0. The molecule has 0 radical (unpaired) electrons. The standard InChI is InChI=1S/C13H19NO/c1-3-14-10(2)13(15)9-8-11-6-4-5-7-12(11)13/h4-7,10,14-15H,3,8-9H2,1-2H3. The Hall–Kier alpha value is -0.860. The van der Waals surface area contributed by atoms with Gasteiger partial charge in [-0.15, -0.1) is 0 Å². The van der Waals surface area contributed by atoms with Crippen molar-refractivity contribution >= 4 is 0 Å². The van der Waals surface area contributed by atoms with Crippen LogP contribution < -0.4 is 5.32 Å². The summed E-state index contributed by atoms with van der Waals surface area (Å²) >= 11 is 0. The minimum Gasteiger partial charge on any atom is -0.384 e. The molecule has 0 amide bonds. The third kappa shape index (κ3) is 1.68. The monoisotopic (exact) mass is 205 g/mol. The van der Waals surface area contributed by atoms with Gasteiger partial charge in [-0.25, -0.2) is 0 Å². The molecule has 15 heavy (non-hydrogen) atoms. The van der Waals surface area contributed by atoms with Crippen molar-refractivity contribution in [3.05, 3.63) is 35.4 Å². The highest BCUT2D eigenvalue weighted by molar-refractivity contribution is 5.38. The number of aliphatic hydroxyl groups is 1. The SMILES string of the molecule is CCNC(C)C1(O)CCc2ccccc21. The van der Waals surface area contributed by atoms with E-state index in [1.807, 2.05) is 12.1 Å². The zero-order valence-electron chi connectivity index (χ0n) is 9.46. The first-order valence-electron chi connectivity index (χ1n) is 5.72. The smallest absolute Gasteiger partial charge is 0.105 e. The zero-order valence-corrected chi connectivity index (χ0v) is 9.46. The highest BCUT2D eigenvalue weighted by atomic mass is 16.3. The van der Waals surface area contributed by atoms with Gasteiger partial charge < -0.3 is 10.4 Å². The molecule has 0 aliphatic heterocycles. The third-order valence-electron chi connectivity index (χ3n) is 3.49. The fourth-order valence-electron chi connectivity index (χ4n) is 2.55. The summed E-state index contributed by atoms with van der Waals surface area (Å²) in [6.07, 6.45) is 1.82. The van der Waals surface area contributed by atoms with Gasteiger partial charge in [-0.2, -0.15) is 0 Å². The fraction of sp³-hybridized carbons (Fsp3) is 0.538. The van der Waals surface area contributed by atoms with E-state index >= 15 is 0 Å². The second kappa shape index (κ2) is 3.95. The summed E-state index contributed by atoms with van der Waals surface area (Å²) in [6, 6.07) is 8.34. The van der Waals surface area contributed by atoms with Crippen LogP contribution in [-0.4, -0.2) is 17.7 Å². The molecule has 1 aromatic carbocycles. The van der Waals surface area contributed by atoms with Crippen LogP contribution in [0, 0.1) is 0 Å². The van der Waals surface area contributed by atoms with Crippen molar-refractivity contribution in [1.29, 1.82) is 0 Å². The lowest BCUT2D eigenvalue weighted by Crippen LogP contribution is -2.45. The van der Waals surface area contributed by atoms with E-state index in [1.165, 1.54) is 5.56 Å². The molecule has 2 N–H and O–H groups in total. The van der Waals surface area contributed by atoms with Gasteiger partial charge in [-0.1, -0.05) is 31.2 Å². The minimum absolute atomic E-state index is 0.117. The predicted molar refractivity (Wildman–Crippen MR) is 61.8 cm³/mol. The molecular formula is C13H19NO. The Bertz CT molecular complexity index is 350. The molecule has 1 aliphatic carbocycles. The number of likely N-dealkylation sites (N-methyl/N-ethyl adjacent to an activating group) is 1. The second-order valence-corrected chi connectivity index (χ2v) is 4.36. The first-order chi connectivity index (χ1) is 7.18. The van der Waals surface area contributed by atoms with Crippen LogP contribution in [0.2, 0.25) is 0 Å². The van der Waals surface area contributed by atoms with Crippen molar-refractivity contribution < 1.29 is 5.11 Å². The average Bonchev–Trinajstić information content (AvgIpc) is 2.59. The minimum atomic E-state index is -0.674. The molecule has 1 aliphatic rings. The van der Waals surface area contributed by atoms with Crippen molar-refractivity contribution in [3.63, 3.8) is 0 Å². The van der Waals surface area contributed by atoms with Crippen molar-refractivity contribution in [1.82, 2.24) is 5.32 Å². The first kappa shape index (κ1) is 10.7. The number of aryl methyl sites for hydroxylation is 1. The van der Waals surface area contributed by atoms with Crippen molar-refractivity contribution in [2.45, 2.75) is 38.3 Å². The highest BCUT2D eigenvalue weighted by Crippen LogP contribution is 2.39. The van der Waals surface area contributed by atoms with Gasteiger partial charge >= 0.3 is 0 Å². The van der Waals surface area contributed by atoms with E-state index in [0.29, 0.717) is 0 Å². The van der Waals surface area contributed by atoms with Crippen molar-refractivity contribution in [2.75, 3.05) is 6.54 Å². The molecule has 0 saturated heterocycles. The molecule has 0 aromatic heterocycles. The number of nitrogens with one attached hydrogen (secondary N) is 1. The summed E-state index contributed by atoms with van der Waals surface area (Å²) < 4.78 is 0.